The van der Waals surface area contributed by atoms with Crippen LogP contribution in [0.1, 0.15) is 0 Å². The lowest BCUT2D eigenvalue weighted by molar-refractivity contribution is 0.322. The van der Waals surface area contributed by atoms with Gasteiger partial charge in [0.2, 0.25) is 0 Å². The summed E-state index contributed by atoms with van der Waals surface area (Å²) in [6.45, 7) is 0.287. The predicted octanol–water partition coefficient (Wildman–Crippen LogP) is 1.53. The molecule has 0 unspecified atom stereocenters. The van der Waals surface area contributed by atoms with Crippen LogP contribution < -0.4 is 0 Å². The molecule has 0 heterocycles. The summed E-state index contributed by atoms with van der Waals surface area (Å²) in [4.78, 5) is 0. The van der Waals surface area contributed by atoms with Crippen molar-refractivity contribution in [3.05, 3.63) is 8.60 Å². The first-order valence-electron chi connectivity index (χ1n) is 4.37. The Labute approximate surface area is 108 Å². The Hall–Kier alpha value is 0.960. The number of aliphatic hydroxyl groups is 3. The quantitative estimate of drug-likeness (QED) is 0.599. The molecule has 0 aliphatic rings. The van der Waals surface area contributed by atoms with Crippen molar-refractivity contribution in [1.29, 1.82) is 0 Å². The fraction of sp³-hybridized carbons (Fsp3) is 0.750. The van der Waals surface area contributed by atoms with Crippen molar-refractivity contribution in [3.63, 3.8) is 0 Å². The van der Waals surface area contributed by atoms with Gasteiger partial charge in [-0.15, -0.1) is 35.3 Å². The highest BCUT2D eigenvalue weighted by molar-refractivity contribution is 8.23. The number of halogens is 1. The van der Waals surface area contributed by atoms with Gasteiger partial charge in [0.15, 0.2) is 0 Å². The maximum Gasteiger partial charge on any atom is 0.0936 e. The average Bonchev–Trinajstić information content (AvgIpc) is 2.26. The van der Waals surface area contributed by atoms with Gasteiger partial charge in [0.25, 0.3) is 0 Å². The maximum atomic E-state index is 8.71. The van der Waals surface area contributed by atoms with Crippen LogP contribution in [0, 0.1) is 0 Å². The molecular weight excluding hydrogens is 276 g/mol. The van der Waals surface area contributed by atoms with Gasteiger partial charge in [0.1, 0.15) is 0 Å². The summed E-state index contributed by atoms with van der Waals surface area (Å²) in [5.74, 6) is 1.73. The topological polar surface area (TPSA) is 60.7 Å². The summed E-state index contributed by atoms with van der Waals surface area (Å²) in [6, 6.07) is 0. The van der Waals surface area contributed by atoms with E-state index >= 15 is 0 Å². The van der Waals surface area contributed by atoms with Crippen LogP contribution in [0.3, 0.4) is 0 Å². The first-order chi connectivity index (χ1) is 7.26. The number of aliphatic hydroxyl groups excluding tert-OH is 3. The molecule has 7 heteroatoms. The molecule has 0 spiro atoms. The van der Waals surface area contributed by atoms with Gasteiger partial charge in [0, 0.05) is 17.3 Å². The molecule has 0 saturated carbocycles. The van der Waals surface area contributed by atoms with E-state index in [1.54, 1.807) is 0 Å². The molecule has 0 atom stereocenters. The highest BCUT2D eigenvalue weighted by Crippen LogP contribution is 2.38. The smallest absolute Gasteiger partial charge is 0.0936 e. The molecule has 15 heavy (non-hydrogen) atoms. The highest BCUT2D eigenvalue weighted by Gasteiger charge is 2.06. The van der Waals surface area contributed by atoms with E-state index in [0.29, 0.717) is 21.6 Å². The fourth-order valence-electron chi connectivity index (χ4n) is 0.626. The van der Waals surface area contributed by atoms with Crippen LogP contribution in [0.15, 0.2) is 8.60 Å². The number of rotatable bonds is 9. The van der Waals surface area contributed by atoms with E-state index in [9.17, 15) is 0 Å². The molecule has 0 radical (unpaired) electrons. The third kappa shape index (κ3) is 8.74. The Balaban J connectivity index is 4.14. The molecule has 0 aromatic carbocycles. The Morgan fingerprint density at radius 1 is 0.800 bits per heavy atom. The van der Waals surface area contributed by atoms with Gasteiger partial charge in [-0.3, -0.25) is 0 Å². The molecule has 0 bridgehead atoms. The molecule has 0 aliphatic heterocycles. The first kappa shape index (κ1) is 16.0. The van der Waals surface area contributed by atoms with Crippen LogP contribution in [-0.4, -0.2) is 52.4 Å². The second kappa shape index (κ2) is 11.4. The SMILES string of the molecule is OCCSC(Cl)=C(SCCO)SCCO. The minimum Gasteiger partial charge on any atom is -0.396 e. The van der Waals surface area contributed by atoms with Gasteiger partial charge < -0.3 is 15.3 Å². The molecule has 3 N–H and O–H groups in total. The standard InChI is InChI=1S/C8H15ClO3S3/c9-7(13-4-1-10)8(14-5-2-11)15-6-3-12/h10-12H,1-6H2. The van der Waals surface area contributed by atoms with Crippen molar-refractivity contribution in [2.24, 2.45) is 0 Å². The summed E-state index contributed by atoms with van der Waals surface area (Å²) in [7, 11) is 0. The molecule has 0 rings (SSSR count). The van der Waals surface area contributed by atoms with E-state index in [4.69, 9.17) is 26.9 Å². The Kier molecular flexibility index (Phi) is 12.2. The van der Waals surface area contributed by atoms with Crippen LogP contribution >= 0.6 is 46.9 Å². The maximum absolute atomic E-state index is 8.71. The molecular formula is C8H15ClO3S3. The summed E-state index contributed by atoms with van der Waals surface area (Å²) in [5.41, 5.74) is 0. The fourth-order valence-corrected chi connectivity index (χ4v) is 3.89. The minimum atomic E-state index is 0.0868. The third-order valence-electron chi connectivity index (χ3n) is 1.13. The zero-order chi connectivity index (χ0) is 11.5. The van der Waals surface area contributed by atoms with Gasteiger partial charge in [0.05, 0.1) is 28.4 Å². The van der Waals surface area contributed by atoms with Gasteiger partial charge in [-0.25, -0.2) is 0 Å². The van der Waals surface area contributed by atoms with Crippen LogP contribution in [0.2, 0.25) is 0 Å². The van der Waals surface area contributed by atoms with Gasteiger partial charge in [-0.05, 0) is 0 Å². The average molecular weight is 291 g/mol. The van der Waals surface area contributed by atoms with Gasteiger partial charge >= 0.3 is 0 Å². The monoisotopic (exact) mass is 290 g/mol. The number of hydrogen-bond donors (Lipinski definition) is 3. The lowest BCUT2D eigenvalue weighted by Crippen LogP contribution is -1.91. The molecule has 0 aliphatic carbocycles. The van der Waals surface area contributed by atoms with E-state index in [-0.39, 0.29) is 19.8 Å². The van der Waals surface area contributed by atoms with Crippen molar-refractivity contribution >= 4 is 46.9 Å². The van der Waals surface area contributed by atoms with Crippen molar-refractivity contribution in [1.82, 2.24) is 0 Å². The Bertz CT molecular complexity index is 180. The van der Waals surface area contributed by atoms with Crippen molar-refractivity contribution in [2.75, 3.05) is 37.1 Å². The lowest BCUT2D eigenvalue weighted by Gasteiger charge is -2.07. The van der Waals surface area contributed by atoms with Crippen molar-refractivity contribution < 1.29 is 15.3 Å². The van der Waals surface area contributed by atoms with Gasteiger partial charge in [-0.1, -0.05) is 11.6 Å². The molecule has 0 saturated heterocycles. The van der Waals surface area contributed by atoms with Crippen LogP contribution in [0.4, 0.5) is 0 Å². The summed E-state index contributed by atoms with van der Waals surface area (Å²) in [5, 5.41) is 26.1. The third-order valence-corrected chi connectivity index (χ3v) is 5.39. The molecule has 0 aromatic heterocycles. The first-order valence-corrected chi connectivity index (χ1v) is 7.70. The summed E-state index contributed by atoms with van der Waals surface area (Å²) < 4.78 is 1.53. The molecule has 0 fully saturated rings. The number of thioether (sulfide) groups is 3. The Morgan fingerprint density at radius 2 is 1.20 bits per heavy atom. The van der Waals surface area contributed by atoms with E-state index in [1.807, 2.05) is 0 Å². The normalized spacial score (nSPS) is 10.4. The molecule has 0 aromatic rings. The Morgan fingerprint density at radius 3 is 1.60 bits per heavy atom. The van der Waals surface area contributed by atoms with Crippen LogP contribution in [0.25, 0.3) is 0 Å². The predicted molar refractivity (Wildman–Crippen MR) is 71.5 cm³/mol. The molecule has 90 valence electrons. The number of hydrogen-bond acceptors (Lipinski definition) is 6. The summed E-state index contributed by atoms with van der Waals surface area (Å²) >= 11 is 10.3. The zero-order valence-corrected chi connectivity index (χ0v) is 11.4. The van der Waals surface area contributed by atoms with E-state index in [2.05, 4.69) is 0 Å². The lowest BCUT2D eigenvalue weighted by atomic mass is 10.9. The van der Waals surface area contributed by atoms with Crippen molar-refractivity contribution in [3.8, 4) is 0 Å². The highest BCUT2D eigenvalue weighted by atomic mass is 35.5. The van der Waals surface area contributed by atoms with E-state index in [1.165, 1.54) is 35.3 Å². The summed E-state index contributed by atoms with van der Waals surface area (Å²) in [6.07, 6.45) is 0. The van der Waals surface area contributed by atoms with Crippen LogP contribution in [0.5, 0.6) is 0 Å². The van der Waals surface area contributed by atoms with Gasteiger partial charge in [-0.2, -0.15) is 0 Å². The van der Waals surface area contributed by atoms with Crippen molar-refractivity contribution in [2.45, 2.75) is 0 Å². The molecule has 0 amide bonds. The zero-order valence-electron chi connectivity index (χ0n) is 8.19. The minimum absolute atomic E-state index is 0.0868. The van der Waals surface area contributed by atoms with E-state index in [0.717, 1.165) is 4.24 Å². The van der Waals surface area contributed by atoms with Crippen LogP contribution in [-0.2, 0) is 0 Å². The second-order valence-corrected chi connectivity index (χ2v) is 6.45. The second-order valence-electron chi connectivity index (χ2n) is 2.28. The molecule has 3 nitrogen and oxygen atoms in total. The largest absolute Gasteiger partial charge is 0.396 e. The van der Waals surface area contributed by atoms with E-state index < -0.39 is 0 Å².